The van der Waals surface area contributed by atoms with Crippen molar-refractivity contribution in [3.05, 3.63) is 65.0 Å². The minimum atomic E-state index is -1.75. The highest BCUT2D eigenvalue weighted by Crippen LogP contribution is 2.19. The second-order valence-electron chi connectivity index (χ2n) is 4.58. The van der Waals surface area contributed by atoms with E-state index in [0.29, 0.717) is 12.1 Å². The van der Waals surface area contributed by atoms with Crippen molar-refractivity contribution in [1.29, 1.82) is 0 Å². The first kappa shape index (κ1) is 17.4. The molecule has 2 rings (SSSR count). The van der Waals surface area contributed by atoms with Gasteiger partial charge in [0.15, 0.2) is 29.1 Å². The summed E-state index contributed by atoms with van der Waals surface area (Å²) in [7, 11) is 0. The van der Waals surface area contributed by atoms with E-state index in [2.05, 4.69) is 5.32 Å². The Morgan fingerprint density at radius 2 is 1.50 bits per heavy atom. The molecule has 0 saturated carbocycles. The Balaban J connectivity index is 1.97. The number of amides is 2. The Hall–Kier alpha value is -2.97. The topological polar surface area (TPSA) is 58.2 Å². The number of halogens is 5. The zero-order valence-electron chi connectivity index (χ0n) is 11.8. The van der Waals surface area contributed by atoms with Crippen molar-refractivity contribution in [2.24, 2.45) is 0 Å². The third-order valence-corrected chi connectivity index (χ3v) is 2.90. The molecule has 0 aromatic heterocycles. The number of carbonyl (C=O) groups is 2. The van der Waals surface area contributed by atoms with Gasteiger partial charge in [-0.25, -0.2) is 22.0 Å². The van der Waals surface area contributed by atoms with E-state index in [-0.39, 0.29) is 5.56 Å². The quantitative estimate of drug-likeness (QED) is 0.662. The highest BCUT2D eigenvalue weighted by molar-refractivity contribution is 5.99. The second kappa shape index (κ2) is 7.07. The summed E-state index contributed by atoms with van der Waals surface area (Å²) in [6.07, 6.45) is 0. The molecule has 9 heteroatoms. The number of hydrogen-bond donors (Lipinski definition) is 2. The van der Waals surface area contributed by atoms with Gasteiger partial charge in [-0.1, -0.05) is 0 Å². The Bertz CT molecular complexity index is 811. The molecule has 0 unspecified atom stereocenters. The molecule has 2 aromatic rings. The zero-order valence-corrected chi connectivity index (χ0v) is 11.8. The van der Waals surface area contributed by atoms with E-state index in [0.717, 1.165) is 18.2 Å². The predicted molar refractivity (Wildman–Crippen MR) is 73.6 cm³/mol. The molecule has 0 aliphatic rings. The fraction of sp³-hybridized carbons (Fsp3) is 0.0667. The lowest BCUT2D eigenvalue weighted by atomic mass is 10.2. The van der Waals surface area contributed by atoms with Crippen LogP contribution >= 0.6 is 0 Å². The maximum Gasteiger partial charge on any atom is 0.251 e. The Morgan fingerprint density at radius 3 is 2.17 bits per heavy atom. The molecule has 2 N–H and O–H groups in total. The van der Waals surface area contributed by atoms with E-state index >= 15 is 0 Å². The van der Waals surface area contributed by atoms with Crippen LogP contribution in [0.3, 0.4) is 0 Å². The molecule has 0 spiro atoms. The molecule has 0 fully saturated rings. The molecule has 0 atom stereocenters. The summed E-state index contributed by atoms with van der Waals surface area (Å²) in [5, 5.41) is 4.02. The normalized spacial score (nSPS) is 10.4. The lowest BCUT2D eigenvalue weighted by molar-refractivity contribution is -0.115. The van der Waals surface area contributed by atoms with Crippen LogP contribution in [0.15, 0.2) is 30.3 Å². The lowest BCUT2D eigenvalue weighted by Gasteiger charge is -2.08. The van der Waals surface area contributed by atoms with E-state index in [1.165, 1.54) is 0 Å². The molecule has 2 amide bonds. The van der Waals surface area contributed by atoms with Crippen molar-refractivity contribution in [2.75, 3.05) is 11.9 Å². The number of rotatable bonds is 4. The molecule has 24 heavy (non-hydrogen) atoms. The highest BCUT2D eigenvalue weighted by Gasteiger charge is 2.16. The molecule has 4 nitrogen and oxygen atoms in total. The maximum absolute atomic E-state index is 13.4. The largest absolute Gasteiger partial charge is 0.343 e. The Labute approximate surface area is 132 Å². The van der Waals surface area contributed by atoms with Gasteiger partial charge in [-0.05, 0) is 30.3 Å². The fourth-order valence-corrected chi connectivity index (χ4v) is 1.72. The molecule has 0 bridgehead atoms. The summed E-state index contributed by atoms with van der Waals surface area (Å²) in [5.41, 5.74) is -0.846. The predicted octanol–water partition coefficient (Wildman–Crippen LogP) is 2.75. The van der Waals surface area contributed by atoms with E-state index in [1.807, 2.05) is 5.32 Å². The SMILES string of the molecule is O=C(CNC(=O)c1ccc(F)c(F)c1)Nc1ccc(F)c(F)c1F. The molecule has 126 valence electrons. The number of hydrogen-bond acceptors (Lipinski definition) is 2. The third kappa shape index (κ3) is 3.86. The Morgan fingerprint density at radius 1 is 0.833 bits per heavy atom. The van der Waals surface area contributed by atoms with E-state index in [9.17, 15) is 31.5 Å². The smallest absolute Gasteiger partial charge is 0.251 e. The maximum atomic E-state index is 13.4. The van der Waals surface area contributed by atoms with Crippen LogP contribution in [0.25, 0.3) is 0 Å². The molecule has 0 saturated heterocycles. The first-order valence-electron chi connectivity index (χ1n) is 6.46. The number of anilines is 1. The summed E-state index contributed by atoms with van der Waals surface area (Å²) in [6, 6.07) is 3.80. The van der Waals surface area contributed by atoms with Crippen LogP contribution in [-0.4, -0.2) is 18.4 Å². The summed E-state index contributed by atoms with van der Waals surface area (Å²) in [4.78, 5) is 23.2. The molecular weight excluding hydrogens is 335 g/mol. The molecule has 0 aliphatic heterocycles. The van der Waals surface area contributed by atoms with Crippen LogP contribution in [0.4, 0.5) is 27.6 Å². The van der Waals surface area contributed by atoms with E-state index in [4.69, 9.17) is 0 Å². The van der Waals surface area contributed by atoms with Crippen LogP contribution in [0, 0.1) is 29.1 Å². The summed E-state index contributed by atoms with van der Waals surface area (Å²) in [5.74, 6) is -8.95. The van der Waals surface area contributed by atoms with Crippen LogP contribution in [-0.2, 0) is 4.79 Å². The van der Waals surface area contributed by atoms with Crippen molar-refractivity contribution >= 4 is 17.5 Å². The van der Waals surface area contributed by atoms with Gasteiger partial charge in [-0.3, -0.25) is 9.59 Å². The number of benzene rings is 2. The monoisotopic (exact) mass is 344 g/mol. The van der Waals surface area contributed by atoms with Crippen molar-refractivity contribution < 1.29 is 31.5 Å². The van der Waals surface area contributed by atoms with E-state index in [1.54, 1.807) is 0 Å². The standard InChI is InChI=1S/C15H9F5N2O2/c16-8-2-1-7(5-10(8)18)15(24)21-6-12(23)22-11-4-3-9(17)13(19)14(11)20/h1-5H,6H2,(H,21,24)(H,22,23). The van der Waals surface area contributed by atoms with Crippen LogP contribution < -0.4 is 10.6 Å². The number of nitrogens with one attached hydrogen (secondary N) is 2. The van der Waals surface area contributed by atoms with Crippen molar-refractivity contribution in [3.8, 4) is 0 Å². The molecule has 0 heterocycles. The van der Waals surface area contributed by atoms with Gasteiger partial charge in [-0.15, -0.1) is 0 Å². The van der Waals surface area contributed by atoms with Gasteiger partial charge >= 0.3 is 0 Å². The van der Waals surface area contributed by atoms with Gasteiger partial charge in [0.2, 0.25) is 5.91 Å². The summed E-state index contributed by atoms with van der Waals surface area (Å²) >= 11 is 0. The van der Waals surface area contributed by atoms with Gasteiger partial charge in [0.1, 0.15) is 0 Å². The van der Waals surface area contributed by atoms with Crippen molar-refractivity contribution in [3.63, 3.8) is 0 Å². The first-order chi connectivity index (χ1) is 11.3. The molecule has 0 radical (unpaired) electrons. The average Bonchev–Trinajstić information content (AvgIpc) is 2.55. The summed E-state index contributed by atoms with van der Waals surface area (Å²) in [6.45, 7) is -0.656. The average molecular weight is 344 g/mol. The van der Waals surface area contributed by atoms with Gasteiger partial charge in [0.25, 0.3) is 5.91 Å². The van der Waals surface area contributed by atoms with Gasteiger partial charge in [0, 0.05) is 5.56 Å². The Kier molecular flexibility index (Phi) is 5.12. The third-order valence-electron chi connectivity index (χ3n) is 2.90. The minimum Gasteiger partial charge on any atom is -0.343 e. The first-order valence-corrected chi connectivity index (χ1v) is 6.46. The van der Waals surface area contributed by atoms with Crippen LogP contribution in [0.2, 0.25) is 0 Å². The number of carbonyl (C=O) groups excluding carboxylic acids is 2. The molecule has 0 aliphatic carbocycles. The van der Waals surface area contributed by atoms with Gasteiger partial charge in [0.05, 0.1) is 12.2 Å². The summed E-state index contributed by atoms with van der Waals surface area (Å²) < 4.78 is 64.9. The zero-order chi connectivity index (χ0) is 17.9. The minimum absolute atomic E-state index is 0.235. The van der Waals surface area contributed by atoms with E-state index < -0.39 is 53.1 Å². The van der Waals surface area contributed by atoms with Crippen LogP contribution in [0.5, 0.6) is 0 Å². The van der Waals surface area contributed by atoms with Gasteiger partial charge < -0.3 is 10.6 Å². The molecule has 2 aromatic carbocycles. The highest BCUT2D eigenvalue weighted by atomic mass is 19.2. The fourth-order valence-electron chi connectivity index (χ4n) is 1.72. The second-order valence-corrected chi connectivity index (χ2v) is 4.58. The van der Waals surface area contributed by atoms with Crippen molar-refractivity contribution in [2.45, 2.75) is 0 Å². The van der Waals surface area contributed by atoms with Crippen molar-refractivity contribution in [1.82, 2.24) is 5.32 Å². The van der Waals surface area contributed by atoms with Gasteiger partial charge in [-0.2, -0.15) is 0 Å². The molecular formula is C15H9F5N2O2. The lowest BCUT2D eigenvalue weighted by Crippen LogP contribution is -2.33. The van der Waals surface area contributed by atoms with Crippen LogP contribution in [0.1, 0.15) is 10.4 Å².